The Bertz CT molecular complexity index is 1640. The Morgan fingerprint density at radius 3 is 2.39 bits per heavy atom. The van der Waals surface area contributed by atoms with Crippen LogP contribution in [0.2, 0.25) is 5.02 Å². The fraction of sp³-hybridized carbons (Fsp3) is 0.0357. The van der Waals surface area contributed by atoms with Crippen molar-refractivity contribution in [2.75, 3.05) is 0 Å². The maximum absolute atomic E-state index is 6.21. The average Bonchev–Trinajstić information content (AvgIpc) is 3.68. The highest BCUT2D eigenvalue weighted by atomic mass is 35.5. The number of aromatic nitrogens is 2. The topological polar surface area (TPSA) is 86.8 Å². The molecule has 176 valence electrons. The first-order chi connectivity index (χ1) is 17.8. The number of fused-ring (bicyclic) bond motifs is 1. The third-order valence-electron chi connectivity index (χ3n) is 5.55. The molecule has 2 aromatic carbocycles. The van der Waals surface area contributed by atoms with Gasteiger partial charge in [-0.1, -0.05) is 29.8 Å². The standard InChI is InChI=1S/C28H18ClN3O4/c29-21-6-2-1-5-19(21)16-35-20-11-9-18(10-12-20)15-30-27-25-24(22-7-3-13-33-22)26(23-8-4-14-34-23)36-28(25)32-17-31-27/h1-15,17H,16H2. The lowest BCUT2D eigenvalue weighted by molar-refractivity contribution is 0.306. The molecule has 0 bridgehead atoms. The van der Waals surface area contributed by atoms with Gasteiger partial charge in [0.2, 0.25) is 5.71 Å². The molecule has 0 unspecified atom stereocenters. The van der Waals surface area contributed by atoms with Gasteiger partial charge in [0.05, 0.1) is 23.5 Å². The molecule has 0 aliphatic rings. The maximum Gasteiger partial charge on any atom is 0.232 e. The number of benzene rings is 2. The zero-order chi connectivity index (χ0) is 24.3. The van der Waals surface area contributed by atoms with Crippen molar-refractivity contribution in [3.05, 3.63) is 108 Å². The van der Waals surface area contributed by atoms with Crippen LogP contribution in [0.4, 0.5) is 5.82 Å². The van der Waals surface area contributed by atoms with E-state index in [1.54, 1.807) is 24.8 Å². The maximum atomic E-state index is 6.21. The highest BCUT2D eigenvalue weighted by molar-refractivity contribution is 6.31. The number of ether oxygens (including phenoxy) is 1. The van der Waals surface area contributed by atoms with Gasteiger partial charge >= 0.3 is 0 Å². The van der Waals surface area contributed by atoms with E-state index in [0.717, 1.165) is 16.9 Å². The van der Waals surface area contributed by atoms with Crippen molar-refractivity contribution in [1.29, 1.82) is 0 Å². The van der Waals surface area contributed by atoms with Gasteiger partial charge in [0.1, 0.15) is 24.4 Å². The van der Waals surface area contributed by atoms with E-state index in [1.807, 2.05) is 66.7 Å². The SMILES string of the molecule is Clc1ccccc1COc1ccc(C=Nc2ncnc3oc(-c4ccco4)c(-c4ccco4)c23)cc1. The van der Waals surface area contributed by atoms with E-state index < -0.39 is 0 Å². The summed E-state index contributed by atoms with van der Waals surface area (Å²) in [6.45, 7) is 0.389. The van der Waals surface area contributed by atoms with Crippen LogP contribution in [0.1, 0.15) is 11.1 Å². The Balaban J connectivity index is 1.30. The van der Waals surface area contributed by atoms with Gasteiger partial charge in [0.15, 0.2) is 17.3 Å². The molecule has 0 aliphatic carbocycles. The van der Waals surface area contributed by atoms with Crippen LogP contribution in [-0.2, 0) is 6.61 Å². The van der Waals surface area contributed by atoms with Gasteiger partial charge in [0, 0.05) is 16.8 Å². The van der Waals surface area contributed by atoms with Gasteiger partial charge in [-0.25, -0.2) is 15.0 Å². The molecule has 0 saturated heterocycles. The molecule has 6 aromatic rings. The molecular formula is C28H18ClN3O4. The molecule has 4 aromatic heterocycles. The molecule has 0 aliphatic heterocycles. The van der Waals surface area contributed by atoms with Crippen molar-refractivity contribution in [1.82, 2.24) is 9.97 Å². The lowest BCUT2D eigenvalue weighted by Crippen LogP contribution is -1.96. The molecule has 4 heterocycles. The van der Waals surface area contributed by atoms with E-state index in [2.05, 4.69) is 15.0 Å². The highest BCUT2D eigenvalue weighted by Gasteiger charge is 2.25. The molecule has 0 radical (unpaired) electrons. The van der Waals surface area contributed by atoms with Gasteiger partial charge in [-0.15, -0.1) is 0 Å². The summed E-state index contributed by atoms with van der Waals surface area (Å²) in [6, 6.07) is 22.5. The summed E-state index contributed by atoms with van der Waals surface area (Å²) in [6.07, 6.45) is 6.33. The number of furan rings is 3. The Morgan fingerprint density at radius 2 is 1.64 bits per heavy atom. The number of rotatable bonds is 7. The second-order valence-corrected chi connectivity index (χ2v) is 8.25. The van der Waals surface area contributed by atoms with Crippen molar-refractivity contribution in [3.8, 4) is 28.6 Å². The van der Waals surface area contributed by atoms with E-state index in [0.29, 0.717) is 51.4 Å². The van der Waals surface area contributed by atoms with Crippen molar-refractivity contribution < 1.29 is 18.0 Å². The smallest absolute Gasteiger partial charge is 0.232 e. The van der Waals surface area contributed by atoms with Crippen LogP contribution in [0.5, 0.6) is 5.75 Å². The molecule has 0 amide bonds. The van der Waals surface area contributed by atoms with Crippen molar-refractivity contribution >= 4 is 34.7 Å². The Morgan fingerprint density at radius 1 is 0.861 bits per heavy atom. The summed E-state index contributed by atoms with van der Waals surface area (Å²) < 4.78 is 23.2. The summed E-state index contributed by atoms with van der Waals surface area (Å²) in [4.78, 5) is 13.3. The fourth-order valence-corrected chi connectivity index (χ4v) is 4.01. The second-order valence-electron chi connectivity index (χ2n) is 7.85. The number of halogens is 1. The minimum atomic E-state index is 0.387. The molecule has 0 saturated carbocycles. The summed E-state index contributed by atoms with van der Waals surface area (Å²) in [7, 11) is 0. The quantitative estimate of drug-likeness (QED) is 0.211. The van der Waals surface area contributed by atoms with Crippen molar-refractivity contribution in [2.24, 2.45) is 4.99 Å². The molecule has 0 atom stereocenters. The molecule has 0 spiro atoms. The van der Waals surface area contributed by atoms with Gasteiger partial charge in [-0.2, -0.15) is 0 Å². The first-order valence-electron chi connectivity index (χ1n) is 11.1. The van der Waals surface area contributed by atoms with Crippen LogP contribution >= 0.6 is 11.6 Å². The molecule has 6 rings (SSSR count). The zero-order valence-electron chi connectivity index (χ0n) is 18.8. The Hall–Kier alpha value is -4.62. The van der Waals surface area contributed by atoms with Gasteiger partial charge < -0.3 is 18.0 Å². The van der Waals surface area contributed by atoms with Crippen LogP contribution in [0.3, 0.4) is 0 Å². The summed E-state index contributed by atoms with van der Waals surface area (Å²) >= 11 is 6.21. The van der Waals surface area contributed by atoms with E-state index in [1.165, 1.54) is 6.33 Å². The van der Waals surface area contributed by atoms with E-state index >= 15 is 0 Å². The van der Waals surface area contributed by atoms with E-state index in [9.17, 15) is 0 Å². The molecule has 8 heteroatoms. The van der Waals surface area contributed by atoms with E-state index in [-0.39, 0.29) is 0 Å². The Labute approximate surface area is 210 Å². The lowest BCUT2D eigenvalue weighted by Gasteiger charge is -2.07. The van der Waals surface area contributed by atoms with Crippen molar-refractivity contribution in [2.45, 2.75) is 6.61 Å². The molecule has 36 heavy (non-hydrogen) atoms. The van der Waals surface area contributed by atoms with Gasteiger partial charge in [0.25, 0.3) is 0 Å². The second kappa shape index (κ2) is 9.56. The number of aliphatic imine (C=N–C) groups is 1. The van der Waals surface area contributed by atoms with Crippen LogP contribution in [0.25, 0.3) is 33.9 Å². The predicted molar refractivity (Wildman–Crippen MR) is 137 cm³/mol. The van der Waals surface area contributed by atoms with Crippen LogP contribution in [0, 0.1) is 0 Å². The minimum absolute atomic E-state index is 0.387. The number of hydrogen-bond donors (Lipinski definition) is 0. The molecular weight excluding hydrogens is 478 g/mol. The first kappa shape index (κ1) is 21.9. The largest absolute Gasteiger partial charge is 0.489 e. The summed E-state index contributed by atoms with van der Waals surface area (Å²) in [5.74, 6) is 2.84. The first-order valence-corrected chi connectivity index (χ1v) is 11.5. The van der Waals surface area contributed by atoms with Gasteiger partial charge in [-0.3, -0.25) is 0 Å². The Kier molecular flexibility index (Phi) is 5.81. The summed E-state index contributed by atoms with van der Waals surface area (Å²) in [5, 5.41) is 1.32. The molecule has 0 N–H and O–H groups in total. The third-order valence-corrected chi connectivity index (χ3v) is 5.92. The van der Waals surface area contributed by atoms with Crippen LogP contribution in [0.15, 0.2) is 110 Å². The van der Waals surface area contributed by atoms with Crippen LogP contribution in [-0.4, -0.2) is 16.2 Å². The molecule has 0 fully saturated rings. The van der Waals surface area contributed by atoms with Crippen LogP contribution < -0.4 is 4.74 Å². The predicted octanol–water partition coefficient (Wildman–Crippen LogP) is 7.73. The van der Waals surface area contributed by atoms with E-state index in [4.69, 9.17) is 29.6 Å². The highest BCUT2D eigenvalue weighted by Crippen LogP contribution is 2.43. The minimum Gasteiger partial charge on any atom is -0.489 e. The number of nitrogens with zero attached hydrogens (tertiary/aromatic N) is 3. The number of hydrogen-bond acceptors (Lipinski definition) is 7. The molecule has 7 nitrogen and oxygen atoms in total. The van der Waals surface area contributed by atoms with Gasteiger partial charge in [-0.05, 0) is 60.2 Å². The van der Waals surface area contributed by atoms with Crippen molar-refractivity contribution in [3.63, 3.8) is 0 Å². The fourth-order valence-electron chi connectivity index (χ4n) is 3.82. The lowest BCUT2D eigenvalue weighted by atomic mass is 10.1. The monoisotopic (exact) mass is 495 g/mol. The zero-order valence-corrected chi connectivity index (χ0v) is 19.6. The third kappa shape index (κ3) is 4.28. The summed E-state index contributed by atoms with van der Waals surface area (Å²) in [5.41, 5.74) is 2.87. The average molecular weight is 496 g/mol. The normalized spacial score (nSPS) is 11.5.